The van der Waals surface area contributed by atoms with Gasteiger partial charge in [-0.15, -0.1) is 0 Å². The normalized spacial score (nSPS) is 10.4. The maximum atomic E-state index is 11.5. The molecule has 0 saturated heterocycles. The van der Waals surface area contributed by atoms with Crippen LogP contribution in [0.5, 0.6) is 0 Å². The number of carbonyl (C=O) groups excluding carboxylic acids is 1. The minimum atomic E-state index is -0.182. The fourth-order valence-corrected chi connectivity index (χ4v) is 1.65. The van der Waals surface area contributed by atoms with E-state index < -0.39 is 0 Å². The highest BCUT2D eigenvalue weighted by Gasteiger charge is 2.03. The zero-order valence-electron chi connectivity index (χ0n) is 10.6. The predicted molar refractivity (Wildman–Crippen MR) is 73.1 cm³/mol. The number of hydrogen-bond acceptors (Lipinski definition) is 1. The number of carbonyl (C=O) groups is 1. The van der Waals surface area contributed by atoms with Gasteiger partial charge in [0.2, 0.25) is 0 Å². The number of hydrogen-bond donors (Lipinski definition) is 2. The monoisotopic (exact) mass is 243 g/mol. The molecule has 0 spiro atoms. The van der Waals surface area contributed by atoms with E-state index in [9.17, 15) is 4.79 Å². The summed E-state index contributed by atoms with van der Waals surface area (Å²) in [5.41, 5.74) is 1.85. The summed E-state index contributed by atoms with van der Waals surface area (Å²) in [5.74, 6) is 0. The summed E-state index contributed by atoms with van der Waals surface area (Å²) in [6.07, 6.45) is 3.96. The van der Waals surface area contributed by atoms with E-state index in [4.69, 9.17) is 0 Å². The molecular formula is C14H17N3O. The average Bonchev–Trinajstić information content (AvgIpc) is 2.82. The summed E-state index contributed by atoms with van der Waals surface area (Å²) in [6, 6.07) is 11.6. The van der Waals surface area contributed by atoms with Gasteiger partial charge in [0.05, 0.1) is 0 Å². The second-order valence-electron chi connectivity index (χ2n) is 4.39. The smallest absolute Gasteiger partial charge is 0.319 e. The van der Waals surface area contributed by atoms with Crippen LogP contribution in [0.25, 0.3) is 5.69 Å². The summed E-state index contributed by atoms with van der Waals surface area (Å²) in [5, 5.41) is 5.56. The van der Waals surface area contributed by atoms with Crippen molar-refractivity contribution in [2.45, 2.75) is 19.9 Å². The topological polar surface area (TPSA) is 46.1 Å². The van der Waals surface area contributed by atoms with Crippen LogP contribution in [0.4, 0.5) is 10.5 Å². The van der Waals surface area contributed by atoms with Gasteiger partial charge in [-0.1, -0.05) is 0 Å². The van der Waals surface area contributed by atoms with Crippen molar-refractivity contribution >= 4 is 11.7 Å². The molecule has 4 nitrogen and oxygen atoms in total. The van der Waals surface area contributed by atoms with Crippen LogP contribution in [0.3, 0.4) is 0 Å². The number of nitrogens with zero attached hydrogens (tertiary/aromatic N) is 1. The Balaban J connectivity index is 2.02. The fourth-order valence-electron chi connectivity index (χ4n) is 1.65. The first kappa shape index (κ1) is 12.2. The minimum absolute atomic E-state index is 0.129. The first-order valence-electron chi connectivity index (χ1n) is 5.96. The highest BCUT2D eigenvalue weighted by atomic mass is 16.2. The molecule has 4 heteroatoms. The summed E-state index contributed by atoms with van der Waals surface area (Å²) in [6.45, 7) is 3.85. The molecule has 1 aromatic carbocycles. The molecule has 2 aromatic rings. The number of urea groups is 1. The summed E-state index contributed by atoms with van der Waals surface area (Å²) >= 11 is 0. The third-order valence-corrected chi connectivity index (χ3v) is 2.45. The van der Waals surface area contributed by atoms with Gasteiger partial charge >= 0.3 is 6.03 Å². The van der Waals surface area contributed by atoms with Crippen LogP contribution < -0.4 is 10.6 Å². The molecule has 2 amide bonds. The zero-order chi connectivity index (χ0) is 13.0. The molecular weight excluding hydrogens is 226 g/mol. The summed E-state index contributed by atoms with van der Waals surface area (Å²) in [7, 11) is 0. The molecule has 0 unspecified atom stereocenters. The second-order valence-corrected chi connectivity index (χ2v) is 4.39. The van der Waals surface area contributed by atoms with Crippen LogP contribution >= 0.6 is 0 Å². The Labute approximate surface area is 107 Å². The van der Waals surface area contributed by atoms with Gasteiger partial charge in [0.1, 0.15) is 0 Å². The molecule has 1 heterocycles. The molecule has 0 radical (unpaired) electrons. The molecule has 0 atom stereocenters. The van der Waals surface area contributed by atoms with E-state index >= 15 is 0 Å². The largest absolute Gasteiger partial charge is 0.336 e. The molecule has 18 heavy (non-hydrogen) atoms. The van der Waals surface area contributed by atoms with E-state index in [1.807, 2.05) is 67.2 Å². The van der Waals surface area contributed by atoms with Crippen LogP contribution in [-0.2, 0) is 0 Å². The summed E-state index contributed by atoms with van der Waals surface area (Å²) in [4.78, 5) is 11.5. The molecule has 94 valence electrons. The van der Waals surface area contributed by atoms with Gasteiger partial charge in [-0.3, -0.25) is 0 Å². The maximum Gasteiger partial charge on any atom is 0.319 e. The van der Waals surface area contributed by atoms with Crippen molar-refractivity contribution in [3.8, 4) is 5.69 Å². The predicted octanol–water partition coefficient (Wildman–Crippen LogP) is 3.01. The Bertz CT molecular complexity index is 500. The number of aromatic nitrogens is 1. The molecule has 0 fully saturated rings. The van der Waals surface area contributed by atoms with Crippen molar-refractivity contribution in [2.24, 2.45) is 0 Å². The van der Waals surface area contributed by atoms with Crippen molar-refractivity contribution in [2.75, 3.05) is 5.32 Å². The Morgan fingerprint density at radius 3 is 2.28 bits per heavy atom. The van der Waals surface area contributed by atoms with Gasteiger partial charge in [-0.2, -0.15) is 0 Å². The third-order valence-electron chi connectivity index (χ3n) is 2.45. The number of anilines is 1. The van der Waals surface area contributed by atoms with E-state index in [1.165, 1.54) is 0 Å². The molecule has 0 bridgehead atoms. The number of rotatable bonds is 3. The lowest BCUT2D eigenvalue weighted by Gasteiger charge is -2.10. The van der Waals surface area contributed by atoms with E-state index in [0.717, 1.165) is 11.4 Å². The van der Waals surface area contributed by atoms with Gasteiger partial charge in [0, 0.05) is 29.8 Å². The first-order valence-corrected chi connectivity index (χ1v) is 5.96. The molecule has 0 aliphatic heterocycles. The van der Waals surface area contributed by atoms with Crippen molar-refractivity contribution < 1.29 is 4.79 Å². The standard InChI is InChI=1S/C14H17N3O/c1-11(2)15-14(18)16-12-5-7-13(8-6-12)17-9-3-4-10-17/h3-11H,1-2H3,(H2,15,16,18). The molecule has 2 N–H and O–H groups in total. The van der Waals surface area contributed by atoms with E-state index in [0.29, 0.717) is 0 Å². The minimum Gasteiger partial charge on any atom is -0.336 e. The van der Waals surface area contributed by atoms with Crippen molar-refractivity contribution in [1.82, 2.24) is 9.88 Å². The van der Waals surface area contributed by atoms with Crippen molar-refractivity contribution in [3.05, 3.63) is 48.8 Å². The Kier molecular flexibility index (Phi) is 3.67. The Morgan fingerprint density at radius 1 is 1.11 bits per heavy atom. The lowest BCUT2D eigenvalue weighted by molar-refractivity contribution is 0.250. The first-order chi connectivity index (χ1) is 8.65. The van der Waals surface area contributed by atoms with Crippen molar-refractivity contribution in [1.29, 1.82) is 0 Å². The van der Waals surface area contributed by atoms with Gasteiger partial charge in [0.25, 0.3) is 0 Å². The number of amides is 2. The Morgan fingerprint density at radius 2 is 1.72 bits per heavy atom. The lowest BCUT2D eigenvalue weighted by atomic mass is 10.3. The van der Waals surface area contributed by atoms with Gasteiger partial charge < -0.3 is 15.2 Å². The van der Waals surface area contributed by atoms with E-state index in [1.54, 1.807) is 0 Å². The SMILES string of the molecule is CC(C)NC(=O)Nc1ccc(-n2cccc2)cc1. The van der Waals surface area contributed by atoms with E-state index in [-0.39, 0.29) is 12.1 Å². The van der Waals surface area contributed by atoms with Gasteiger partial charge in [0.15, 0.2) is 0 Å². The average molecular weight is 243 g/mol. The number of benzene rings is 1. The zero-order valence-corrected chi connectivity index (χ0v) is 10.6. The molecule has 0 aliphatic carbocycles. The highest BCUT2D eigenvalue weighted by molar-refractivity contribution is 5.89. The molecule has 0 aliphatic rings. The van der Waals surface area contributed by atoms with Crippen LogP contribution in [0.2, 0.25) is 0 Å². The maximum absolute atomic E-state index is 11.5. The fraction of sp³-hybridized carbons (Fsp3) is 0.214. The van der Waals surface area contributed by atoms with Gasteiger partial charge in [-0.25, -0.2) is 4.79 Å². The Hall–Kier alpha value is -2.23. The highest BCUT2D eigenvalue weighted by Crippen LogP contribution is 2.13. The summed E-state index contributed by atoms with van der Waals surface area (Å²) < 4.78 is 2.01. The second kappa shape index (κ2) is 5.40. The van der Waals surface area contributed by atoms with Crippen LogP contribution in [0.15, 0.2) is 48.8 Å². The lowest BCUT2D eigenvalue weighted by Crippen LogP contribution is -2.34. The molecule has 1 aromatic heterocycles. The van der Waals surface area contributed by atoms with Crippen molar-refractivity contribution in [3.63, 3.8) is 0 Å². The molecule has 2 rings (SSSR count). The quantitative estimate of drug-likeness (QED) is 0.855. The number of nitrogens with one attached hydrogen (secondary N) is 2. The third kappa shape index (κ3) is 3.13. The molecule has 0 saturated carbocycles. The van der Waals surface area contributed by atoms with Crippen LogP contribution in [0, 0.1) is 0 Å². The van der Waals surface area contributed by atoms with Gasteiger partial charge in [-0.05, 0) is 50.2 Å². The van der Waals surface area contributed by atoms with E-state index in [2.05, 4.69) is 10.6 Å². The van der Waals surface area contributed by atoms with Crippen LogP contribution in [0.1, 0.15) is 13.8 Å². The van der Waals surface area contributed by atoms with Crippen LogP contribution in [-0.4, -0.2) is 16.6 Å².